The minimum atomic E-state index is -0.443. The largest absolute Gasteiger partial charge is 0.481 e. The highest BCUT2D eigenvalue weighted by atomic mass is 16.5. The van der Waals surface area contributed by atoms with Gasteiger partial charge in [0.05, 0.1) is 24.5 Å². The molecule has 1 aliphatic carbocycles. The normalized spacial score (nSPS) is 18.6. The lowest BCUT2D eigenvalue weighted by Gasteiger charge is -2.16. The lowest BCUT2D eigenvalue weighted by Crippen LogP contribution is -2.06. The minimum absolute atomic E-state index is 0.443. The molecule has 1 aliphatic rings. The van der Waals surface area contributed by atoms with E-state index in [0.29, 0.717) is 11.8 Å². The highest BCUT2D eigenvalue weighted by molar-refractivity contribution is 5.33. The van der Waals surface area contributed by atoms with E-state index in [-0.39, 0.29) is 0 Å². The molecule has 1 fully saturated rings. The number of aliphatic hydroxyl groups excluding tert-OH is 1. The highest BCUT2D eigenvalue weighted by Gasteiger charge is 2.25. The molecule has 0 radical (unpaired) electrons. The fourth-order valence-electron chi connectivity index (χ4n) is 2.96. The second-order valence-corrected chi connectivity index (χ2v) is 5.03. The van der Waals surface area contributed by atoms with Crippen LogP contribution < -0.4 is 4.74 Å². The maximum atomic E-state index is 10.4. The summed E-state index contributed by atoms with van der Waals surface area (Å²) < 4.78 is 7.02. The average Bonchev–Trinajstić information content (AvgIpc) is 2.85. The Kier molecular flexibility index (Phi) is 3.72. The lowest BCUT2D eigenvalue weighted by atomic mass is 9.96. The summed E-state index contributed by atoms with van der Waals surface area (Å²) in [6.07, 6.45) is 5.50. The van der Waals surface area contributed by atoms with Crippen LogP contribution >= 0.6 is 0 Å². The molecule has 0 aromatic carbocycles. The first-order valence-electron chi connectivity index (χ1n) is 6.39. The fourth-order valence-corrected chi connectivity index (χ4v) is 2.96. The van der Waals surface area contributed by atoms with E-state index in [1.165, 1.54) is 25.7 Å². The summed E-state index contributed by atoms with van der Waals surface area (Å²) in [6, 6.07) is 0. The summed E-state index contributed by atoms with van der Waals surface area (Å²) in [6.45, 7) is 1.93. The molecule has 1 unspecified atom stereocenters. The van der Waals surface area contributed by atoms with Crippen molar-refractivity contribution in [1.82, 2.24) is 9.78 Å². The van der Waals surface area contributed by atoms with Gasteiger partial charge >= 0.3 is 0 Å². The molecule has 1 saturated carbocycles. The molecule has 4 nitrogen and oxygen atoms in total. The number of ether oxygens (including phenoxy) is 1. The molecule has 1 aromatic rings. The molecular weight excluding hydrogens is 216 g/mol. The van der Waals surface area contributed by atoms with Gasteiger partial charge in [0.25, 0.3) is 0 Å². The maximum absolute atomic E-state index is 10.4. The molecule has 0 aliphatic heterocycles. The number of hydrogen-bond acceptors (Lipinski definition) is 3. The number of nitrogens with zero attached hydrogens (tertiary/aromatic N) is 2. The summed E-state index contributed by atoms with van der Waals surface area (Å²) in [4.78, 5) is 0. The molecular formula is C13H22N2O2. The molecule has 1 N–H and O–H groups in total. The van der Waals surface area contributed by atoms with Gasteiger partial charge in [0, 0.05) is 7.05 Å². The standard InChI is InChI=1S/C13H22N2O2/c1-9-12(13(17-3)15(2)14-9)11(16)8-10-6-4-5-7-10/h10-11,16H,4-8H2,1-3H3. The van der Waals surface area contributed by atoms with Gasteiger partial charge in [-0.1, -0.05) is 25.7 Å². The van der Waals surface area contributed by atoms with Gasteiger partial charge in [0.15, 0.2) is 0 Å². The van der Waals surface area contributed by atoms with Crippen molar-refractivity contribution in [2.24, 2.45) is 13.0 Å². The van der Waals surface area contributed by atoms with Crippen molar-refractivity contribution in [3.63, 3.8) is 0 Å². The van der Waals surface area contributed by atoms with Crippen molar-refractivity contribution in [3.05, 3.63) is 11.3 Å². The van der Waals surface area contributed by atoms with Crippen molar-refractivity contribution in [2.45, 2.75) is 45.1 Å². The Bertz CT molecular complexity index is 381. The number of methoxy groups -OCH3 is 1. The Labute approximate surface area is 103 Å². The summed E-state index contributed by atoms with van der Waals surface area (Å²) in [5.41, 5.74) is 1.73. The Morgan fingerprint density at radius 1 is 1.47 bits per heavy atom. The topological polar surface area (TPSA) is 47.3 Å². The van der Waals surface area contributed by atoms with Gasteiger partial charge < -0.3 is 9.84 Å². The SMILES string of the molecule is COc1c(C(O)CC2CCCC2)c(C)nn1C. The van der Waals surface area contributed by atoms with Gasteiger partial charge in [-0.3, -0.25) is 0 Å². The van der Waals surface area contributed by atoms with E-state index in [1.54, 1.807) is 11.8 Å². The first-order chi connectivity index (χ1) is 8.13. The third kappa shape index (κ3) is 2.46. The molecule has 2 rings (SSSR count). The number of hydrogen-bond donors (Lipinski definition) is 1. The molecule has 0 amide bonds. The van der Waals surface area contributed by atoms with E-state index in [1.807, 2.05) is 14.0 Å². The van der Waals surface area contributed by atoms with Gasteiger partial charge in [-0.15, -0.1) is 0 Å². The Balaban J connectivity index is 2.14. The Morgan fingerprint density at radius 2 is 2.12 bits per heavy atom. The quantitative estimate of drug-likeness (QED) is 0.876. The van der Waals surface area contributed by atoms with Gasteiger partial charge in [-0.05, 0) is 19.3 Å². The predicted molar refractivity (Wildman–Crippen MR) is 66.0 cm³/mol. The van der Waals surface area contributed by atoms with Crippen LogP contribution in [0, 0.1) is 12.8 Å². The molecule has 4 heteroatoms. The van der Waals surface area contributed by atoms with Crippen molar-refractivity contribution in [3.8, 4) is 5.88 Å². The summed E-state index contributed by atoms with van der Waals surface area (Å²) >= 11 is 0. The Morgan fingerprint density at radius 3 is 2.71 bits per heavy atom. The summed E-state index contributed by atoms with van der Waals surface area (Å²) in [7, 11) is 3.47. The van der Waals surface area contributed by atoms with Crippen molar-refractivity contribution in [1.29, 1.82) is 0 Å². The molecule has 0 saturated heterocycles. The first-order valence-corrected chi connectivity index (χ1v) is 6.39. The number of aromatic nitrogens is 2. The van der Waals surface area contributed by atoms with Crippen molar-refractivity contribution < 1.29 is 9.84 Å². The van der Waals surface area contributed by atoms with E-state index >= 15 is 0 Å². The highest BCUT2D eigenvalue weighted by Crippen LogP contribution is 2.36. The van der Waals surface area contributed by atoms with E-state index in [4.69, 9.17) is 4.74 Å². The van der Waals surface area contributed by atoms with Crippen LogP contribution in [0.2, 0.25) is 0 Å². The zero-order chi connectivity index (χ0) is 12.4. The van der Waals surface area contributed by atoms with Gasteiger partial charge in [-0.25, -0.2) is 4.68 Å². The van der Waals surface area contributed by atoms with E-state index in [9.17, 15) is 5.11 Å². The molecule has 0 spiro atoms. The minimum Gasteiger partial charge on any atom is -0.481 e. The molecule has 96 valence electrons. The Hall–Kier alpha value is -1.03. The van der Waals surface area contributed by atoms with Gasteiger partial charge in [0.1, 0.15) is 0 Å². The van der Waals surface area contributed by atoms with Crippen LogP contribution in [0.15, 0.2) is 0 Å². The smallest absolute Gasteiger partial charge is 0.217 e. The predicted octanol–water partition coefficient (Wildman–Crippen LogP) is 2.35. The van der Waals surface area contributed by atoms with Crippen LogP contribution in [0.4, 0.5) is 0 Å². The number of rotatable bonds is 4. The van der Waals surface area contributed by atoms with Crippen LogP contribution in [0.25, 0.3) is 0 Å². The lowest BCUT2D eigenvalue weighted by molar-refractivity contribution is 0.140. The van der Waals surface area contributed by atoms with E-state index < -0.39 is 6.10 Å². The molecule has 1 atom stereocenters. The van der Waals surface area contributed by atoms with Crippen LogP contribution in [-0.4, -0.2) is 22.0 Å². The summed E-state index contributed by atoms with van der Waals surface area (Å²) in [5.74, 6) is 1.35. The molecule has 17 heavy (non-hydrogen) atoms. The van der Waals surface area contributed by atoms with Crippen LogP contribution in [-0.2, 0) is 7.05 Å². The average molecular weight is 238 g/mol. The van der Waals surface area contributed by atoms with Crippen molar-refractivity contribution in [2.75, 3.05) is 7.11 Å². The molecule has 0 bridgehead atoms. The maximum Gasteiger partial charge on any atom is 0.217 e. The molecule has 1 aromatic heterocycles. The third-order valence-corrected chi connectivity index (χ3v) is 3.77. The van der Waals surface area contributed by atoms with Gasteiger partial charge in [-0.2, -0.15) is 5.10 Å². The monoisotopic (exact) mass is 238 g/mol. The number of aliphatic hydroxyl groups is 1. The van der Waals surface area contributed by atoms with Gasteiger partial charge in [0.2, 0.25) is 5.88 Å². The third-order valence-electron chi connectivity index (χ3n) is 3.77. The van der Waals surface area contributed by atoms with Crippen LogP contribution in [0.5, 0.6) is 5.88 Å². The number of aryl methyl sites for hydroxylation is 2. The first kappa shape index (κ1) is 12.4. The van der Waals surface area contributed by atoms with E-state index in [0.717, 1.165) is 17.7 Å². The second kappa shape index (κ2) is 5.08. The van der Waals surface area contributed by atoms with Crippen LogP contribution in [0.3, 0.4) is 0 Å². The summed E-state index contributed by atoms with van der Waals surface area (Å²) in [5, 5.41) is 14.7. The van der Waals surface area contributed by atoms with Crippen molar-refractivity contribution >= 4 is 0 Å². The fraction of sp³-hybridized carbons (Fsp3) is 0.769. The zero-order valence-corrected chi connectivity index (χ0v) is 10.9. The van der Waals surface area contributed by atoms with Crippen LogP contribution in [0.1, 0.15) is 49.5 Å². The molecule has 1 heterocycles. The zero-order valence-electron chi connectivity index (χ0n) is 10.9. The second-order valence-electron chi connectivity index (χ2n) is 5.03. The van der Waals surface area contributed by atoms with E-state index in [2.05, 4.69) is 5.10 Å².